The summed E-state index contributed by atoms with van der Waals surface area (Å²) in [7, 11) is -3.63. The van der Waals surface area contributed by atoms with Crippen molar-refractivity contribution in [3.63, 3.8) is 0 Å². The minimum atomic E-state index is -3.63. The van der Waals surface area contributed by atoms with Crippen molar-refractivity contribution >= 4 is 15.9 Å². The summed E-state index contributed by atoms with van der Waals surface area (Å²) in [5.74, 6) is 0.420. The van der Waals surface area contributed by atoms with E-state index in [4.69, 9.17) is 0 Å². The van der Waals surface area contributed by atoms with Gasteiger partial charge in [-0.3, -0.25) is 4.79 Å². The second-order valence-corrected chi connectivity index (χ2v) is 10.9. The zero-order valence-electron chi connectivity index (χ0n) is 18.1. The van der Waals surface area contributed by atoms with Crippen LogP contribution in [-0.2, 0) is 27.8 Å². The van der Waals surface area contributed by atoms with Gasteiger partial charge in [0.1, 0.15) is 0 Å². The van der Waals surface area contributed by atoms with Crippen molar-refractivity contribution in [2.75, 3.05) is 13.1 Å². The summed E-state index contributed by atoms with van der Waals surface area (Å²) in [6.45, 7) is 7.23. The van der Waals surface area contributed by atoms with E-state index in [1.54, 1.807) is 12.1 Å². The van der Waals surface area contributed by atoms with Gasteiger partial charge < -0.3 is 5.32 Å². The molecule has 1 N–H and O–H groups in total. The normalized spacial score (nSPS) is 20.3. The van der Waals surface area contributed by atoms with Crippen LogP contribution in [0.4, 0.5) is 0 Å². The molecule has 0 bridgehead atoms. The quantitative estimate of drug-likeness (QED) is 0.725. The molecule has 5 nitrogen and oxygen atoms in total. The zero-order chi connectivity index (χ0) is 21.8. The fourth-order valence-electron chi connectivity index (χ4n) is 3.99. The Balaban J connectivity index is 1.69. The molecule has 1 unspecified atom stereocenters. The molecule has 0 saturated carbocycles. The Morgan fingerprint density at radius 2 is 1.73 bits per heavy atom. The fraction of sp³-hybridized carbons (Fsp3) is 0.458. The van der Waals surface area contributed by atoms with E-state index >= 15 is 0 Å². The summed E-state index contributed by atoms with van der Waals surface area (Å²) in [5, 5.41) is 2.99. The first-order chi connectivity index (χ1) is 14.2. The van der Waals surface area contributed by atoms with Gasteiger partial charge in [-0.25, -0.2) is 8.42 Å². The molecule has 0 spiro atoms. The van der Waals surface area contributed by atoms with Gasteiger partial charge in [-0.15, -0.1) is 0 Å². The molecule has 30 heavy (non-hydrogen) atoms. The van der Waals surface area contributed by atoms with Gasteiger partial charge in [-0.2, -0.15) is 4.31 Å². The SMILES string of the molecule is CC(C)Cc1ccc(S(=O)(=O)N2CCCC(C)(C(=O)NCc3ccccc3)C2)cc1. The third kappa shape index (κ3) is 5.29. The highest BCUT2D eigenvalue weighted by molar-refractivity contribution is 7.89. The first-order valence-electron chi connectivity index (χ1n) is 10.6. The second kappa shape index (κ2) is 9.31. The number of nitrogens with zero attached hydrogens (tertiary/aromatic N) is 1. The van der Waals surface area contributed by atoms with Gasteiger partial charge in [0.2, 0.25) is 15.9 Å². The van der Waals surface area contributed by atoms with Crippen molar-refractivity contribution in [3.05, 3.63) is 65.7 Å². The van der Waals surface area contributed by atoms with Gasteiger partial charge in [0.25, 0.3) is 0 Å². The highest BCUT2D eigenvalue weighted by Gasteiger charge is 2.41. The fourth-order valence-corrected chi connectivity index (χ4v) is 5.60. The maximum Gasteiger partial charge on any atom is 0.243 e. The number of nitrogens with one attached hydrogen (secondary N) is 1. The van der Waals surface area contributed by atoms with Gasteiger partial charge in [0.15, 0.2) is 0 Å². The van der Waals surface area contributed by atoms with Crippen LogP contribution in [0.25, 0.3) is 0 Å². The Hall–Kier alpha value is -2.18. The Morgan fingerprint density at radius 3 is 2.37 bits per heavy atom. The molecule has 0 aromatic heterocycles. The van der Waals surface area contributed by atoms with Crippen LogP contribution >= 0.6 is 0 Å². The molecule has 1 saturated heterocycles. The lowest BCUT2D eigenvalue weighted by atomic mass is 9.82. The van der Waals surface area contributed by atoms with Crippen molar-refractivity contribution in [2.24, 2.45) is 11.3 Å². The molecule has 1 aliphatic heterocycles. The summed E-state index contributed by atoms with van der Waals surface area (Å²) >= 11 is 0. The molecule has 2 aromatic carbocycles. The van der Waals surface area contributed by atoms with Crippen molar-refractivity contribution in [2.45, 2.75) is 51.5 Å². The third-order valence-electron chi connectivity index (χ3n) is 5.71. The Morgan fingerprint density at radius 1 is 1.07 bits per heavy atom. The van der Waals surface area contributed by atoms with E-state index in [2.05, 4.69) is 19.2 Å². The van der Waals surface area contributed by atoms with Gasteiger partial charge >= 0.3 is 0 Å². The Bertz CT molecular complexity index is 956. The number of amides is 1. The molecule has 162 valence electrons. The lowest BCUT2D eigenvalue weighted by Gasteiger charge is -2.38. The van der Waals surface area contributed by atoms with Crippen molar-refractivity contribution in [1.29, 1.82) is 0 Å². The first kappa shape index (κ1) is 22.5. The Labute approximate surface area is 180 Å². The standard InChI is InChI=1S/C24H32N2O3S/c1-19(2)16-20-10-12-22(13-11-20)30(28,29)26-15-7-14-24(3,18-26)23(27)25-17-21-8-5-4-6-9-21/h4-6,8-13,19H,7,14-18H2,1-3H3,(H,25,27). The number of hydrogen-bond acceptors (Lipinski definition) is 3. The van der Waals surface area contributed by atoms with Crippen molar-refractivity contribution in [3.8, 4) is 0 Å². The lowest BCUT2D eigenvalue weighted by molar-refractivity contribution is -0.132. The summed E-state index contributed by atoms with van der Waals surface area (Å²) < 4.78 is 27.9. The minimum absolute atomic E-state index is 0.0986. The largest absolute Gasteiger partial charge is 0.352 e. The number of carbonyl (C=O) groups excluding carboxylic acids is 1. The van der Waals surface area contributed by atoms with E-state index in [-0.39, 0.29) is 12.5 Å². The van der Waals surface area contributed by atoms with Crippen LogP contribution in [0.5, 0.6) is 0 Å². The van der Waals surface area contributed by atoms with Gasteiger partial charge in [-0.05, 0) is 55.4 Å². The molecular formula is C24H32N2O3S. The van der Waals surface area contributed by atoms with Crippen LogP contribution in [0, 0.1) is 11.3 Å². The van der Waals surface area contributed by atoms with E-state index in [1.165, 1.54) is 4.31 Å². The average molecular weight is 429 g/mol. The second-order valence-electron chi connectivity index (χ2n) is 8.91. The molecule has 1 aliphatic rings. The summed E-state index contributed by atoms with van der Waals surface area (Å²) in [6, 6.07) is 16.9. The Kier molecular flexibility index (Phi) is 6.98. The van der Waals surface area contributed by atoms with E-state index in [9.17, 15) is 13.2 Å². The van der Waals surface area contributed by atoms with E-state index < -0.39 is 15.4 Å². The zero-order valence-corrected chi connectivity index (χ0v) is 18.9. The predicted octanol–water partition coefficient (Wildman–Crippen LogP) is 3.99. The molecular weight excluding hydrogens is 396 g/mol. The van der Waals surface area contributed by atoms with Crippen LogP contribution < -0.4 is 5.32 Å². The molecule has 1 heterocycles. The number of benzene rings is 2. The molecule has 3 rings (SSSR count). The number of hydrogen-bond donors (Lipinski definition) is 1. The predicted molar refractivity (Wildman–Crippen MR) is 119 cm³/mol. The molecule has 0 radical (unpaired) electrons. The van der Waals surface area contributed by atoms with Crippen LogP contribution in [0.2, 0.25) is 0 Å². The number of sulfonamides is 1. The van der Waals surface area contributed by atoms with Crippen LogP contribution in [-0.4, -0.2) is 31.7 Å². The number of carbonyl (C=O) groups is 1. The van der Waals surface area contributed by atoms with E-state index in [1.807, 2.05) is 49.4 Å². The lowest BCUT2D eigenvalue weighted by Crippen LogP contribution is -2.51. The highest BCUT2D eigenvalue weighted by atomic mass is 32.2. The first-order valence-corrected chi connectivity index (χ1v) is 12.1. The van der Waals surface area contributed by atoms with Crippen LogP contribution in [0.3, 0.4) is 0 Å². The maximum atomic E-state index is 13.2. The molecule has 2 aromatic rings. The monoisotopic (exact) mass is 428 g/mol. The van der Waals surface area contributed by atoms with Crippen molar-refractivity contribution < 1.29 is 13.2 Å². The van der Waals surface area contributed by atoms with Gasteiger partial charge in [-0.1, -0.05) is 56.3 Å². The smallest absolute Gasteiger partial charge is 0.243 e. The maximum absolute atomic E-state index is 13.2. The topological polar surface area (TPSA) is 66.5 Å². The highest BCUT2D eigenvalue weighted by Crippen LogP contribution is 2.33. The summed E-state index contributed by atoms with van der Waals surface area (Å²) in [5.41, 5.74) is 1.42. The molecule has 1 fully saturated rings. The van der Waals surface area contributed by atoms with Gasteiger partial charge in [0, 0.05) is 19.6 Å². The van der Waals surface area contributed by atoms with Crippen molar-refractivity contribution in [1.82, 2.24) is 9.62 Å². The number of piperidine rings is 1. The minimum Gasteiger partial charge on any atom is -0.352 e. The molecule has 1 amide bonds. The van der Waals surface area contributed by atoms with Gasteiger partial charge in [0.05, 0.1) is 10.3 Å². The van der Waals surface area contributed by atoms with Crippen LogP contribution in [0.15, 0.2) is 59.5 Å². The van der Waals surface area contributed by atoms with Crippen LogP contribution in [0.1, 0.15) is 44.7 Å². The van der Waals surface area contributed by atoms with E-state index in [0.29, 0.717) is 36.7 Å². The number of rotatable bonds is 7. The molecule has 6 heteroatoms. The van der Waals surface area contributed by atoms with E-state index in [0.717, 1.165) is 17.5 Å². The molecule has 1 atom stereocenters. The third-order valence-corrected chi connectivity index (χ3v) is 7.57. The summed E-state index contributed by atoms with van der Waals surface area (Å²) in [4.78, 5) is 13.2. The summed E-state index contributed by atoms with van der Waals surface area (Å²) in [6.07, 6.45) is 2.26. The average Bonchev–Trinajstić information content (AvgIpc) is 2.72. The molecule has 0 aliphatic carbocycles.